The Kier molecular flexibility index (Phi) is 4.43. The highest BCUT2D eigenvalue weighted by Crippen LogP contribution is 2.59. The topological polar surface area (TPSA) is 72.2 Å². The number of carbonyl (C=O) groups is 1. The van der Waals surface area contributed by atoms with Crippen LogP contribution in [0.4, 0.5) is 11.4 Å². The molecule has 5 nitrogen and oxygen atoms in total. The van der Waals surface area contributed by atoms with Crippen LogP contribution in [0.2, 0.25) is 0 Å². The number of hydrogen-bond acceptors (Lipinski definition) is 3. The predicted octanol–water partition coefficient (Wildman–Crippen LogP) is 4.85. The lowest BCUT2D eigenvalue weighted by Gasteiger charge is -2.19. The van der Waals surface area contributed by atoms with Crippen molar-refractivity contribution in [2.24, 2.45) is 5.92 Å². The van der Waals surface area contributed by atoms with Gasteiger partial charge in [0.05, 0.1) is 16.5 Å². The van der Waals surface area contributed by atoms with Crippen LogP contribution in [0.25, 0.3) is 0 Å². The molecule has 1 amide bonds. The van der Waals surface area contributed by atoms with Gasteiger partial charge in [-0.1, -0.05) is 66.7 Å². The van der Waals surface area contributed by atoms with Crippen LogP contribution in [0, 0.1) is 23.0 Å². The van der Waals surface area contributed by atoms with Crippen molar-refractivity contribution in [3.63, 3.8) is 0 Å². The van der Waals surface area contributed by atoms with Gasteiger partial charge in [0.2, 0.25) is 5.91 Å². The summed E-state index contributed by atoms with van der Waals surface area (Å²) in [5.41, 5.74) is 3.11. The summed E-state index contributed by atoms with van der Waals surface area (Å²) in [7, 11) is 0. The zero-order valence-electron chi connectivity index (χ0n) is 15.5. The van der Waals surface area contributed by atoms with Crippen molar-refractivity contribution < 1.29 is 9.72 Å². The molecule has 1 saturated carbocycles. The molecule has 1 N–H and O–H groups in total. The number of amides is 1. The molecular formula is C23H20N2O3. The highest BCUT2D eigenvalue weighted by molar-refractivity contribution is 5.97. The minimum Gasteiger partial charge on any atom is -0.325 e. The van der Waals surface area contributed by atoms with E-state index in [0.717, 1.165) is 16.7 Å². The van der Waals surface area contributed by atoms with Gasteiger partial charge in [-0.05, 0) is 30.0 Å². The molecule has 0 bridgehead atoms. The summed E-state index contributed by atoms with van der Waals surface area (Å²) in [5.74, 6) is -0.340. The molecule has 1 aliphatic carbocycles. The SMILES string of the molecule is Cc1ccc([N+](=O)[O-])cc1NC(=O)[C@@H]1CC1(c1ccccc1)c1ccccc1. The smallest absolute Gasteiger partial charge is 0.271 e. The summed E-state index contributed by atoms with van der Waals surface area (Å²) >= 11 is 0. The normalized spacial score (nSPS) is 17.0. The Morgan fingerprint density at radius 3 is 2.11 bits per heavy atom. The number of nitrogens with zero attached hydrogens (tertiary/aromatic N) is 1. The second-order valence-electron chi connectivity index (χ2n) is 7.21. The van der Waals surface area contributed by atoms with Gasteiger partial charge in [-0.15, -0.1) is 0 Å². The summed E-state index contributed by atoms with van der Waals surface area (Å²) in [6.45, 7) is 1.83. The van der Waals surface area contributed by atoms with E-state index < -0.39 is 4.92 Å². The third-order valence-corrected chi connectivity index (χ3v) is 5.55. The summed E-state index contributed by atoms with van der Waals surface area (Å²) in [6, 6.07) is 24.6. The van der Waals surface area contributed by atoms with E-state index >= 15 is 0 Å². The summed E-state index contributed by atoms with van der Waals surface area (Å²) < 4.78 is 0. The third kappa shape index (κ3) is 3.05. The number of benzene rings is 3. The lowest BCUT2D eigenvalue weighted by molar-refractivity contribution is -0.384. The Labute approximate surface area is 163 Å². The van der Waals surface area contributed by atoms with Crippen LogP contribution < -0.4 is 5.32 Å². The molecule has 0 unspecified atom stereocenters. The van der Waals surface area contributed by atoms with Crippen molar-refractivity contribution in [1.82, 2.24) is 0 Å². The van der Waals surface area contributed by atoms with E-state index in [1.165, 1.54) is 12.1 Å². The number of nitrogens with one attached hydrogen (secondary N) is 1. The molecule has 1 atom stereocenters. The second kappa shape index (κ2) is 6.93. The standard InChI is InChI=1S/C23H20N2O3/c1-16-12-13-19(25(27)28)14-21(16)24-22(26)20-15-23(20,17-8-4-2-5-9-17)18-10-6-3-7-11-18/h2-14,20H,15H2,1H3,(H,24,26)/t20-/m0/s1. The third-order valence-electron chi connectivity index (χ3n) is 5.55. The van der Waals surface area contributed by atoms with Crippen molar-refractivity contribution in [2.75, 3.05) is 5.32 Å². The molecule has 0 spiro atoms. The highest BCUT2D eigenvalue weighted by Gasteiger charge is 2.60. The summed E-state index contributed by atoms with van der Waals surface area (Å²) in [4.78, 5) is 23.7. The van der Waals surface area contributed by atoms with Crippen LogP contribution in [0.15, 0.2) is 78.9 Å². The first-order chi connectivity index (χ1) is 13.5. The van der Waals surface area contributed by atoms with E-state index in [-0.39, 0.29) is 22.9 Å². The van der Waals surface area contributed by atoms with Crippen molar-refractivity contribution in [3.05, 3.63) is 106 Å². The summed E-state index contributed by atoms with van der Waals surface area (Å²) in [6.07, 6.45) is 0.709. The number of rotatable bonds is 5. The highest BCUT2D eigenvalue weighted by atomic mass is 16.6. The van der Waals surface area contributed by atoms with Crippen LogP contribution >= 0.6 is 0 Å². The lowest BCUT2D eigenvalue weighted by atomic mass is 9.85. The van der Waals surface area contributed by atoms with Gasteiger partial charge >= 0.3 is 0 Å². The van der Waals surface area contributed by atoms with Gasteiger partial charge in [0, 0.05) is 17.5 Å². The molecule has 28 heavy (non-hydrogen) atoms. The number of nitro groups is 1. The Morgan fingerprint density at radius 1 is 1.00 bits per heavy atom. The molecule has 140 valence electrons. The molecule has 1 fully saturated rings. The lowest BCUT2D eigenvalue weighted by Crippen LogP contribution is -2.22. The molecule has 0 aliphatic heterocycles. The van der Waals surface area contributed by atoms with Crippen LogP contribution in [0.5, 0.6) is 0 Å². The minimum absolute atomic E-state index is 0.0333. The van der Waals surface area contributed by atoms with Gasteiger partial charge in [-0.3, -0.25) is 14.9 Å². The molecule has 0 saturated heterocycles. The molecule has 1 aliphatic rings. The molecular weight excluding hydrogens is 352 g/mol. The van der Waals surface area contributed by atoms with Crippen molar-refractivity contribution in [1.29, 1.82) is 0 Å². The van der Waals surface area contributed by atoms with E-state index in [0.29, 0.717) is 12.1 Å². The first-order valence-corrected chi connectivity index (χ1v) is 9.19. The van der Waals surface area contributed by atoms with Gasteiger partial charge in [0.15, 0.2) is 0 Å². The van der Waals surface area contributed by atoms with E-state index in [9.17, 15) is 14.9 Å². The first kappa shape index (κ1) is 17.9. The van der Waals surface area contributed by atoms with Crippen LogP contribution in [0.3, 0.4) is 0 Å². The van der Waals surface area contributed by atoms with E-state index in [1.807, 2.05) is 43.3 Å². The number of carbonyl (C=O) groups excluding carboxylic acids is 1. The molecule has 0 aromatic heterocycles. The van der Waals surface area contributed by atoms with Crippen LogP contribution in [0.1, 0.15) is 23.1 Å². The molecule has 3 aromatic rings. The van der Waals surface area contributed by atoms with Gasteiger partial charge in [0.25, 0.3) is 5.69 Å². The predicted molar refractivity (Wildman–Crippen MR) is 108 cm³/mol. The fraction of sp³-hybridized carbons (Fsp3) is 0.174. The average Bonchev–Trinajstić information content (AvgIpc) is 3.48. The molecule has 0 heterocycles. The molecule has 3 aromatic carbocycles. The first-order valence-electron chi connectivity index (χ1n) is 9.19. The zero-order valence-corrected chi connectivity index (χ0v) is 15.5. The fourth-order valence-corrected chi connectivity index (χ4v) is 3.93. The minimum atomic E-state index is -0.454. The van der Waals surface area contributed by atoms with Crippen molar-refractivity contribution in [3.8, 4) is 0 Å². The quantitative estimate of drug-likeness (QED) is 0.514. The van der Waals surface area contributed by atoms with E-state index in [4.69, 9.17) is 0 Å². The molecule has 4 rings (SSSR count). The van der Waals surface area contributed by atoms with Crippen molar-refractivity contribution in [2.45, 2.75) is 18.8 Å². The molecule has 5 heteroatoms. The fourth-order valence-electron chi connectivity index (χ4n) is 3.93. The van der Waals surface area contributed by atoms with Crippen LogP contribution in [-0.2, 0) is 10.2 Å². The Morgan fingerprint density at radius 2 is 1.57 bits per heavy atom. The number of non-ortho nitro benzene ring substituents is 1. The van der Waals surface area contributed by atoms with Crippen LogP contribution in [-0.4, -0.2) is 10.8 Å². The van der Waals surface area contributed by atoms with Gasteiger partial charge in [0.1, 0.15) is 0 Å². The number of hydrogen-bond donors (Lipinski definition) is 1. The second-order valence-corrected chi connectivity index (χ2v) is 7.21. The van der Waals surface area contributed by atoms with Gasteiger partial charge in [-0.2, -0.15) is 0 Å². The average molecular weight is 372 g/mol. The monoisotopic (exact) mass is 372 g/mol. The van der Waals surface area contributed by atoms with Gasteiger partial charge in [-0.25, -0.2) is 0 Å². The van der Waals surface area contributed by atoms with E-state index in [1.54, 1.807) is 6.07 Å². The maximum absolute atomic E-state index is 13.1. The largest absolute Gasteiger partial charge is 0.325 e. The number of anilines is 1. The Balaban J connectivity index is 1.66. The van der Waals surface area contributed by atoms with Crippen molar-refractivity contribution >= 4 is 17.3 Å². The maximum atomic E-state index is 13.1. The Hall–Kier alpha value is -3.47. The maximum Gasteiger partial charge on any atom is 0.271 e. The number of aryl methyl sites for hydroxylation is 1. The Bertz CT molecular complexity index is 993. The summed E-state index contributed by atoms with van der Waals surface area (Å²) in [5, 5.41) is 14.0. The molecule has 0 radical (unpaired) electrons. The number of nitro benzene ring substituents is 1. The van der Waals surface area contributed by atoms with Gasteiger partial charge < -0.3 is 5.32 Å². The zero-order chi connectivity index (χ0) is 19.7. The van der Waals surface area contributed by atoms with E-state index in [2.05, 4.69) is 29.6 Å².